The summed E-state index contributed by atoms with van der Waals surface area (Å²) in [5.74, 6) is -0.715. The first-order valence-corrected chi connectivity index (χ1v) is 7.27. The molecule has 2 N–H and O–H groups in total. The Labute approximate surface area is 116 Å². The third kappa shape index (κ3) is 2.40. The molecule has 0 saturated carbocycles. The summed E-state index contributed by atoms with van der Waals surface area (Å²) in [6.07, 6.45) is 1.30. The van der Waals surface area contributed by atoms with Gasteiger partial charge >= 0.3 is 0 Å². The predicted octanol–water partition coefficient (Wildman–Crippen LogP) is -0.963. The number of ether oxygens (including phenoxy) is 1. The number of carbonyl (C=O) groups is 1. The van der Waals surface area contributed by atoms with E-state index in [1.165, 1.54) is 23.9 Å². The molecule has 1 atom stereocenters. The second-order valence-corrected chi connectivity index (χ2v) is 6.26. The van der Waals surface area contributed by atoms with Crippen molar-refractivity contribution < 1.29 is 17.9 Å². The maximum Gasteiger partial charge on any atom is 0.265 e. The molecular weight excluding hydrogens is 284 g/mol. The molecule has 1 aromatic heterocycles. The molecule has 1 saturated heterocycles. The maximum absolute atomic E-state index is 12.5. The molecule has 8 nitrogen and oxygen atoms in total. The van der Waals surface area contributed by atoms with E-state index >= 15 is 0 Å². The van der Waals surface area contributed by atoms with Crippen molar-refractivity contribution in [2.45, 2.75) is 10.9 Å². The lowest BCUT2D eigenvalue weighted by Crippen LogP contribution is -2.47. The van der Waals surface area contributed by atoms with Crippen molar-refractivity contribution in [3.05, 3.63) is 18.0 Å². The molecule has 1 amide bonds. The number of aryl methyl sites for hydroxylation is 1. The SMILES string of the molecule is Cn1cc(S(=O)(=O)N2CCOCC2C#N)cc1C(N)=O. The lowest BCUT2D eigenvalue weighted by atomic mass is 10.3. The summed E-state index contributed by atoms with van der Waals surface area (Å²) < 4.78 is 32.5. The van der Waals surface area contributed by atoms with Crippen LogP contribution >= 0.6 is 0 Å². The van der Waals surface area contributed by atoms with Gasteiger partial charge in [-0.25, -0.2) is 8.42 Å². The summed E-state index contributed by atoms with van der Waals surface area (Å²) in [5, 5.41) is 9.00. The van der Waals surface area contributed by atoms with Crippen molar-refractivity contribution in [2.75, 3.05) is 19.8 Å². The Morgan fingerprint density at radius 1 is 1.60 bits per heavy atom. The van der Waals surface area contributed by atoms with Crippen molar-refractivity contribution in [2.24, 2.45) is 12.8 Å². The first kappa shape index (κ1) is 14.5. The molecule has 1 aromatic rings. The lowest BCUT2D eigenvalue weighted by Gasteiger charge is -2.29. The molecule has 0 spiro atoms. The van der Waals surface area contributed by atoms with Gasteiger partial charge in [0.2, 0.25) is 10.0 Å². The van der Waals surface area contributed by atoms with E-state index < -0.39 is 22.0 Å². The summed E-state index contributed by atoms with van der Waals surface area (Å²) in [5.41, 5.74) is 5.25. The fraction of sp³-hybridized carbons (Fsp3) is 0.455. The van der Waals surface area contributed by atoms with Crippen LogP contribution in [0.3, 0.4) is 0 Å². The number of nitriles is 1. The van der Waals surface area contributed by atoms with Gasteiger partial charge in [-0.2, -0.15) is 9.57 Å². The van der Waals surface area contributed by atoms with Crippen molar-refractivity contribution in [3.63, 3.8) is 0 Å². The summed E-state index contributed by atoms with van der Waals surface area (Å²) >= 11 is 0. The molecule has 1 aliphatic heterocycles. The number of morpholine rings is 1. The van der Waals surface area contributed by atoms with E-state index in [0.29, 0.717) is 0 Å². The van der Waals surface area contributed by atoms with E-state index in [1.54, 1.807) is 0 Å². The van der Waals surface area contributed by atoms with Gasteiger partial charge in [0.25, 0.3) is 5.91 Å². The third-order valence-electron chi connectivity index (χ3n) is 3.07. The molecule has 0 aliphatic carbocycles. The Balaban J connectivity index is 2.42. The zero-order chi connectivity index (χ0) is 14.9. The van der Waals surface area contributed by atoms with Crippen LogP contribution in [0.2, 0.25) is 0 Å². The van der Waals surface area contributed by atoms with Crippen molar-refractivity contribution in [1.29, 1.82) is 5.26 Å². The summed E-state index contributed by atoms with van der Waals surface area (Å²) in [6, 6.07) is 2.24. The minimum absolute atomic E-state index is 0.0330. The van der Waals surface area contributed by atoms with Gasteiger partial charge < -0.3 is 15.0 Å². The van der Waals surface area contributed by atoms with E-state index in [1.807, 2.05) is 6.07 Å². The molecule has 2 heterocycles. The third-order valence-corrected chi connectivity index (χ3v) is 4.94. The Bertz CT molecular complexity index is 673. The number of nitrogens with two attached hydrogens (primary N) is 1. The molecule has 2 rings (SSSR count). The van der Waals surface area contributed by atoms with Crippen LogP contribution in [0.5, 0.6) is 0 Å². The first-order chi connectivity index (χ1) is 9.37. The zero-order valence-electron chi connectivity index (χ0n) is 10.8. The van der Waals surface area contributed by atoms with Gasteiger partial charge in [-0.15, -0.1) is 0 Å². The van der Waals surface area contributed by atoms with E-state index in [2.05, 4.69) is 0 Å². The fourth-order valence-corrected chi connectivity index (χ4v) is 3.61. The second kappa shape index (κ2) is 5.24. The van der Waals surface area contributed by atoms with Crippen LogP contribution in [-0.2, 0) is 21.8 Å². The highest BCUT2D eigenvalue weighted by molar-refractivity contribution is 7.89. The fourth-order valence-electron chi connectivity index (χ4n) is 2.03. The highest BCUT2D eigenvalue weighted by Crippen LogP contribution is 2.22. The second-order valence-electron chi connectivity index (χ2n) is 4.37. The molecule has 1 fully saturated rings. The number of hydrogen-bond donors (Lipinski definition) is 1. The van der Waals surface area contributed by atoms with Crippen LogP contribution in [0, 0.1) is 11.3 Å². The minimum Gasteiger partial charge on any atom is -0.377 e. The normalized spacial score (nSPS) is 20.5. The molecule has 20 heavy (non-hydrogen) atoms. The predicted molar refractivity (Wildman–Crippen MR) is 68.0 cm³/mol. The number of nitrogens with zero attached hydrogens (tertiary/aromatic N) is 3. The Morgan fingerprint density at radius 2 is 2.30 bits per heavy atom. The largest absolute Gasteiger partial charge is 0.377 e. The molecule has 9 heteroatoms. The summed E-state index contributed by atoms with van der Waals surface area (Å²) in [6.45, 7) is 0.361. The van der Waals surface area contributed by atoms with E-state index in [-0.39, 0.29) is 30.3 Å². The number of hydrogen-bond acceptors (Lipinski definition) is 5. The van der Waals surface area contributed by atoms with Gasteiger partial charge in [-0.1, -0.05) is 0 Å². The lowest BCUT2D eigenvalue weighted by molar-refractivity contribution is 0.0511. The van der Waals surface area contributed by atoms with Gasteiger partial charge in [-0.05, 0) is 6.07 Å². The topological polar surface area (TPSA) is 118 Å². The van der Waals surface area contributed by atoms with Gasteiger partial charge in [0.1, 0.15) is 16.6 Å². The maximum atomic E-state index is 12.5. The monoisotopic (exact) mass is 298 g/mol. The number of aromatic nitrogens is 1. The highest BCUT2D eigenvalue weighted by atomic mass is 32.2. The number of rotatable bonds is 3. The van der Waals surface area contributed by atoms with Crippen molar-refractivity contribution >= 4 is 15.9 Å². The molecule has 0 bridgehead atoms. The van der Waals surface area contributed by atoms with Crippen LogP contribution < -0.4 is 5.73 Å². The van der Waals surface area contributed by atoms with Gasteiger partial charge in [0, 0.05) is 19.8 Å². The van der Waals surface area contributed by atoms with Crippen LogP contribution in [-0.4, -0.2) is 49.0 Å². The number of amides is 1. The average molecular weight is 298 g/mol. The first-order valence-electron chi connectivity index (χ1n) is 5.83. The van der Waals surface area contributed by atoms with Crippen LogP contribution in [0.15, 0.2) is 17.2 Å². The Kier molecular flexibility index (Phi) is 3.80. The highest BCUT2D eigenvalue weighted by Gasteiger charge is 2.35. The molecule has 0 radical (unpaired) electrons. The number of primary amides is 1. The smallest absolute Gasteiger partial charge is 0.265 e. The molecular formula is C11H14N4O4S. The van der Waals surface area contributed by atoms with E-state index in [9.17, 15) is 13.2 Å². The van der Waals surface area contributed by atoms with E-state index in [0.717, 1.165) is 4.31 Å². The Hall–Kier alpha value is -1.89. The number of sulfonamides is 1. The van der Waals surface area contributed by atoms with Crippen LogP contribution in [0.25, 0.3) is 0 Å². The molecule has 0 aromatic carbocycles. The van der Waals surface area contributed by atoms with Gasteiger partial charge in [-0.3, -0.25) is 4.79 Å². The quantitative estimate of drug-likeness (QED) is 0.770. The Morgan fingerprint density at radius 3 is 2.85 bits per heavy atom. The van der Waals surface area contributed by atoms with E-state index in [4.69, 9.17) is 15.7 Å². The molecule has 108 valence electrons. The zero-order valence-corrected chi connectivity index (χ0v) is 11.6. The standard InChI is InChI=1S/C11H14N4O4S/c1-14-6-9(4-10(14)11(13)16)20(17,18)15-2-3-19-7-8(15)5-12/h4,6,8H,2-3,7H2,1H3,(H2,13,16). The summed E-state index contributed by atoms with van der Waals surface area (Å²) in [4.78, 5) is 11.1. The van der Waals surface area contributed by atoms with Crippen molar-refractivity contribution in [1.82, 2.24) is 8.87 Å². The van der Waals surface area contributed by atoms with Crippen molar-refractivity contribution in [3.8, 4) is 6.07 Å². The minimum atomic E-state index is -3.86. The summed E-state index contributed by atoms with van der Waals surface area (Å²) in [7, 11) is -2.33. The van der Waals surface area contributed by atoms with Crippen LogP contribution in [0.4, 0.5) is 0 Å². The van der Waals surface area contributed by atoms with Gasteiger partial charge in [0.15, 0.2) is 0 Å². The molecule has 1 aliphatic rings. The number of carbonyl (C=O) groups excluding carboxylic acids is 1. The average Bonchev–Trinajstić information content (AvgIpc) is 2.81. The van der Waals surface area contributed by atoms with Gasteiger partial charge in [0.05, 0.1) is 19.3 Å². The molecule has 1 unspecified atom stereocenters. The van der Waals surface area contributed by atoms with Crippen LogP contribution in [0.1, 0.15) is 10.5 Å².